The lowest BCUT2D eigenvalue weighted by atomic mass is 10.2. The van der Waals surface area contributed by atoms with Gasteiger partial charge < -0.3 is 18.9 Å². The summed E-state index contributed by atoms with van der Waals surface area (Å²) in [6.07, 6.45) is 6.50. The van der Waals surface area contributed by atoms with Crippen molar-refractivity contribution in [2.24, 2.45) is 0 Å². The van der Waals surface area contributed by atoms with Crippen LogP contribution in [-0.2, 0) is 9.47 Å². The summed E-state index contributed by atoms with van der Waals surface area (Å²) in [7, 11) is 3.24. The Hall–Kier alpha value is -3.21. The zero-order chi connectivity index (χ0) is 18.6. The Bertz CT molecular complexity index is 667. The molecule has 136 valence electrons. The summed E-state index contributed by atoms with van der Waals surface area (Å²) in [5, 5.41) is 0. The smallest absolute Gasteiger partial charge is 0.497 e. The average Bonchev–Trinajstić information content (AvgIpc) is 2.69. The van der Waals surface area contributed by atoms with Gasteiger partial charge in [0.2, 0.25) is 0 Å². The quantitative estimate of drug-likeness (QED) is 0.649. The number of benzene rings is 2. The standard InChI is InChI=1S/C21H22O5/c1-23-19-11-7-17(8-12-19)5-3-15-25-21(22)26-16-4-6-18-9-13-20(24-2)14-10-18/h3-14H,15-16H2,1-2H3. The van der Waals surface area contributed by atoms with Gasteiger partial charge in [-0.25, -0.2) is 4.79 Å². The molecule has 0 N–H and O–H groups in total. The van der Waals surface area contributed by atoms with Crippen LogP contribution in [0.2, 0.25) is 0 Å². The fourth-order valence-corrected chi connectivity index (χ4v) is 2.07. The van der Waals surface area contributed by atoms with Gasteiger partial charge in [-0.15, -0.1) is 0 Å². The molecule has 0 radical (unpaired) electrons. The van der Waals surface area contributed by atoms with Crippen molar-refractivity contribution >= 4 is 18.3 Å². The van der Waals surface area contributed by atoms with E-state index in [0.29, 0.717) is 0 Å². The van der Waals surface area contributed by atoms with Crippen LogP contribution in [-0.4, -0.2) is 33.6 Å². The van der Waals surface area contributed by atoms with E-state index < -0.39 is 6.16 Å². The van der Waals surface area contributed by atoms with Gasteiger partial charge in [0.1, 0.15) is 24.7 Å². The van der Waals surface area contributed by atoms with Crippen LogP contribution in [0.25, 0.3) is 12.2 Å². The van der Waals surface area contributed by atoms with E-state index in [0.717, 1.165) is 22.6 Å². The first kappa shape index (κ1) is 19.1. The van der Waals surface area contributed by atoms with E-state index in [-0.39, 0.29) is 13.2 Å². The number of hydrogen-bond acceptors (Lipinski definition) is 5. The lowest BCUT2D eigenvalue weighted by molar-refractivity contribution is 0.0720. The Morgan fingerprint density at radius 3 is 1.46 bits per heavy atom. The van der Waals surface area contributed by atoms with Crippen LogP contribution in [0.15, 0.2) is 60.7 Å². The maximum absolute atomic E-state index is 11.5. The zero-order valence-corrected chi connectivity index (χ0v) is 14.9. The largest absolute Gasteiger partial charge is 0.508 e. The van der Waals surface area contributed by atoms with E-state index >= 15 is 0 Å². The van der Waals surface area contributed by atoms with Crippen LogP contribution in [0.5, 0.6) is 11.5 Å². The summed E-state index contributed by atoms with van der Waals surface area (Å²) in [5.74, 6) is 1.59. The second-order valence-electron chi connectivity index (χ2n) is 5.22. The summed E-state index contributed by atoms with van der Waals surface area (Å²) in [6, 6.07) is 15.1. The van der Waals surface area contributed by atoms with Gasteiger partial charge in [-0.1, -0.05) is 36.4 Å². The van der Waals surface area contributed by atoms with Crippen molar-refractivity contribution in [3.05, 3.63) is 71.8 Å². The van der Waals surface area contributed by atoms with E-state index in [2.05, 4.69) is 0 Å². The highest BCUT2D eigenvalue weighted by Gasteiger charge is 2.00. The minimum atomic E-state index is -0.705. The molecule has 0 amide bonds. The number of methoxy groups -OCH3 is 2. The number of carbonyl (C=O) groups is 1. The molecule has 0 saturated heterocycles. The Morgan fingerprint density at radius 1 is 0.731 bits per heavy atom. The highest BCUT2D eigenvalue weighted by Crippen LogP contribution is 2.13. The predicted octanol–water partition coefficient (Wildman–Crippen LogP) is 4.58. The molecule has 2 aromatic carbocycles. The number of carbonyl (C=O) groups excluding carboxylic acids is 1. The molecule has 0 spiro atoms. The number of rotatable bonds is 8. The molecule has 26 heavy (non-hydrogen) atoms. The molecule has 0 atom stereocenters. The van der Waals surface area contributed by atoms with Gasteiger partial charge >= 0.3 is 6.16 Å². The van der Waals surface area contributed by atoms with Gasteiger partial charge in [0, 0.05) is 0 Å². The van der Waals surface area contributed by atoms with Crippen LogP contribution in [0.4, 0.5) is 4.79 Å². The summed E-state index contributed by atoms with van der Waals surface area (Å²) in [5.41, 5.74) is 1.98. The van der Waals surface area contributed by atoms with Gasteiger partial charge in [0.15, 0.2) is 0 Å². The van der Waals surface area contributed by atoms with Crippen LogP contribution >= 0.6 is 0 Å². The van der Waals surface area contributed by atoms with E-state index in [4.69, 9.17) is 18.9 Å². The molecule has 0 aromatic heterocycles. The summed E-state index contributed by atoms with van der Waals surface area (Å²) < 4.78 is 20.1. The Morgan fingerprint density at radius 2 is 1.12 bits per heavy atom. The van der Waals surface area contributed by atoms with Crippen molar-refractivity contribution in [1.29, 1.82) is 0 Å². The van der Waals surface area contributed by atoms with Crippen LogP contribution < -0.4 is 9.47 Å². The Balaban J connectivity index is 1.64. The lowest BCUT2D eigenvalue weighted by Crippen LogP contribution is -2.07. The van der Waals surface area contributed by atoms with Crippen molar-refractivity contribution in [1.82, 2.24) is 0 Å². The molecule has 0 aliphatic heterocycles. The molecule has 0 unspecified atom stereocenters. The fraction of sp³-hybridized carbons (Fsp3) is 0.190. The van der Waals surface area contributed by atoms with Gasteiger partial charge in [-0.2, -0.15) is 0 Å². The average molecular weight is 354 g/mol. The molecular weight excluding hydrogens is 332 g/mol. The third-order valence-electron chi connectivity index (χ3n) is 3.45. The maximum atomic E-state index is 11.5. The highest BCUT2D eigenvalue weighted by molar-refractivity contribution is 5.61. The SMILES string of the molecule is COc1ccc(C=CCOC(=O)OCC=Cc2ccc(OC)cc2)cc1. The summed E-state index contributed by atoms with van der Waals surface area (Å²) in [4.78, 5) is 11.5. The molecule has 5 nitrogen and oxygen atoms in total. The van der Waals surface area contributed by atoms with E-state index in [1.165, 1.54) is 0 Å². The van der Waals surface area contributed by atoms with Crippen molar-refractivity contribution in [3.63, 3.8) is 0 Å². The monoisotopic (exact) mass is 354 g/mol. The van der Waals surface area contributed by atoms with E-state index in [9.17, 15) is 4.79 Å². The normalized spacial score (nSPS) is 10.8. The molecule has 0 aliphatic carbocycles. The van der Waals surface area contributed by atoms with Crippen LogP contribution in [0.1, 0.15) is 11.1 Å². The minimum Gasteiger partial charge on any atom is -0.497 e. The lowest BCUT2D eigenvalue weighted by Gasteiger charge is -2.02. The van der Waals surface area contributed by atoms with E-state index in [1.807, 2.05) is 60.7 Å². The third kappa shape index (κ3) is 6.73. The van der Waals surface area contributed by atoms with Crippen LogP contribution in [0, 0.1) is 0 Å². The number of ether oxygens (including phenoxy) is 4. The Labute approximate surface area is 153 Å². The molecule has 2 rings (SSSR count). The minimum absolute atomic E-state index is 0.146. The first-order valence-electron chi connectivity index (χ1n) is 8.12. The second kappa shape index (κ2) is 10.6. The third-order valence-corrected chi connectivity index (χ3v) is 3.45. The van der Waals surface area contributed by atoms with Gasteiger partial charge in [-0.3, -0.25) is 0 Å². The maximum Gasteiger partial charge on any atom is 0.508 e. The topological polar surface area (TPSA) is 54.0 Å². The van der Waals surface area contributed by atoms with Crippen molar-refractivity contribution in [3.8, 4) is 11.5 Å². The fourth-order valence-electron chi connectivity index (χ4n) is 2.07. The molecule has 0 saturated carbocycles. The summed E-state index contributed by atoms with van der Waals surface area (Å²) >= 11 is 0. The molecule has 0 bridgehead atoms. The predicted molar refractivity (Wildman–Crippen MR) is 101 cm³/mol. The van der Waals surface area contributed by atoms with Crippen LogP contribution in [0.3, 0.4) is 0 Å². The molecule has 0 heterocycles. The molecular formula is C21H22O5. The van der Waals surface area contributed by atoms with Crippen molar-refractivity contribution in [2.75, 3.05) is 27.4 Å². The van der Waals surface area contributed by atoms with Crippen molar-refractivity contribution in [2.45, 2.75) is 0 Å². The zero-order valence-electron chi connectivity index (χ0n) is 14.9. The van der Waals surface area contributed by atoms with Crippen molar-refractivity contribution < 1.29 is 23.7 Å². The second-order valence-corrected chi connectivity index (χ2v) is 5.22. The number of hydrogen-bond donors (Lipinski definition) is 0. The van der Waals surface area contributed by atoms with Gasteiger partial charge in [0.05, 0.1) is 14.2 Å². The molecule has 5 heteroatoms. The molecule has 2 aromatic rings. The van der Waals surface area contributed by atoms with E-state index in [1.54, 1.807) is 26.4 Å². The van der Waals surface area contributed by atoms with Gasteiger partial charge in [-0.05, 0) is 47.5 Å². The summed E-state index contributed by atoms with van der Waals surface area (Å²) in [6.45, 7) is 0.292. The first-order valence-corrected chi connectivity index (χ1v) is 8.12. The Kier molecular flexibility index (Phi) is 7.80. The highest BCUT2D eigenvalue weighted by atomic mass is 16.7. The molecule has 0 fully saturated rings. The first-order chi connectivity index (χ1) is 12.7. The van der Waals surface area contributed by atoms with Gasteiger partial charge in [0.25, 0.3) is 0 Å². The molecule has 0 aliphatic rings.